The lowest BCUT2D eigenvalue weighted by Gasteiger charge is -2.21. The normalized spacial score (nSPS) is 12.4. The van der Waals surface area contributed by atoms with Gasteiger partial charge in [-0.15, -0.1) is 0 Å². The maximum absolute atomic E-state index is 15.3. The largest absolute Gasteiger partial charge is 0.488 e. The summed E-state index contributed by atoms with van der Waals surface area (Å²) in [6.45, 7) is 4.71. The van der Waals surface area contributed by atoms with Gasteiger partial charge in [0, 0.05) is 30.4 Å². The van der Waals surface area contributed by atoms with Crippen molar-refractivity contribution in [3.63, 3.8) is 0 Å². The summed E-state index contributed by atoms with van der Waals surface area (Å²) < 4.78 is 23.5. The number of pyridine rings is 1. The molecule has 1 N–H and O–H groups in total. The summed E-state index contributed by atoms with van der Waals surface area (Å²) in [5.74, 6) is 0.646. The van der Waals surface area contributed by atoms with Crippen molar-refractivity contribution in [2.75, 3.05) is 26.0 Å². The highest BCUT2D eigenvalue weighted by atomic mass is 19.1. The van der Waals surface area contributed by atoms with Crippen molar-refractivity contribution in [2.45, 2.75) is 20.0 Å². The van der Waals surface area contributed by atoms with Crippen LogP contribution in [0.3, 0.4) is 0 Å². The Balaban J connectivity index is 1.63. The predicted molar refractivity (Wildman–Crippen MR) is 135 cm³/mol. The minimum atomic E-state index is -0.394. The van der Waals surface area contributed by atoms with E-state index in [2.05, 4.69) is 30.3 Å². The Hall–Kier alpha value is -4.11. The van der Waals surface area contributed by atoms with Gasteiger partial charge in [0.25, 0.3) is 0 Å². The van der Waals surface area contributed by atoms with Gasteiger partial charge in [0.1, 0.15) is 24.0 Å². The third-order valence-corrected chi connectivity index (χ3v) is 5.59. The first kappa shape index (κ1) is 22.7. The van der Waals surface area contributed by atoms with Crippen LogP contribution in [-0.2, 0) is 0 Å². The molecular formula is C26H26FN7O. The highest BCUT2D eigenvalue weighted by Crippen LogP contribution is 2.36. The molecule has 0 fully saturated rings. The average molecular weight is 472 g/mol. The van der Waals surface area contributed by atoms with Crippen LogP contribution in [0.15, 0.2) is 61.3 Å². The van der Waals surface area contributed by atoms with Crippen LogP contribution in [0.2, 0.25) is 0 Å². The van der Waals surface area contributed by atoms with Gasteiger partial charge in [0.15, 0.2) is 5.82 Å². The standard InChI is InChI=1S/C26H26FN7O/c1-16-12-31-34(13-16)18-10-22-24(23(11-18)35-17(2)14-33(3)4)26(30-15-29-22)32-21-8-7-20-19(25(21)27)6-5-9-28-20/h5-13,15,17H,14H2,1-4H3,(H,29,30,32)/t17-/m1/s1. The number of aryl methyl sites for hydroxylation is 1. The minimum Gasteiger partial charge on any atom is -0.488 e. The minimum absolute atomic E-state index is 0.112. The average Bonchev–Trinajstić information content (AvgIpc) is 3.26. The van der Waals surface area contributed by atoms with Gasteiger partial charge in [-0.05, 0) is 63.8 Å². The molecule has 178 valence electrons. The number of nitrogens with one attached hydrogen (secondary N) is 1. The molecule has 0 saturated carbocycles. The molecule has 2 aromatic carbocycles. The Bertz CT molecular complexity index is 1510. The summed E-state index contributed by atoms with van der Waals surface area (Å²) in [4.78, 5) is 15.2. The number of likely N-dealkylation sites (N-methyl/N-ethyl adjacent to an activating group) is 1. The van der Waals surface area contributed by atoms with Crippen molar-refractivity contribution in [1.29, 1.82) is 0 Å². The van der Waals surface area contributed by atoms with E-state index in [-0.39, 0.29) is 6.10 Å². The highest BCUT2D eigenvalue weighted by molar-refractivity contribution is 5.97. The molecule has 3 heterocycles. The van der Waals surface area contributed by atoms with E-state index in [4.69, 9.17) is 4.74 Å². The topological polar surface area (TPSA) is 81.0 Å². The summed E-state index contributed by atoms with van der Waals surface area (Å²) in [5, 5.41) is 8.69. The molecule has 1 atom stereocenters. The molecule has 0 unspecified atom stereocenters. The van der Waals surface area contributed by atoms with Crippen LogP contribution in [-0.4, -0.2) is 56.4 Å². The monoisotopic (exact) mass is 471 g/mol. The Morgan fingerprint density at radius 2 is 1.97 bits per heavy atom. The number of anilines is 2. The summed E-state index contributed by atoms with van der Waals surface area (Å²) in [7, 11) is 3.99. The predicted octanol–water partition coefficient (Wildman–Crippen LogP) is 4.88. The maximum atomic E-state index is 15.3. The lowest BCUT2D eigenvalue weighted by molar-refractivity contribution is 0.179. The maximum Gasteiger partial charge on any atom is 0.156 e. The van der Waals surface area contributed by atoms with Crippen LogP contribution in [0.1, 0.15) is 12.5 Å². The van der Waals surface area contributed by atoms with Crippen LogP contribution >= 0.6 is 0 Å². The quantitative estimate of drug-likeness (QED) is 0.362. The molecule has 5 rings (SSSR count). The van der Waals surface area contributed by atoms with Crippen LogP contribution in [0.25, 0.3) is 27.5 Å². The van der Waals surface area contributed by atoms with Crippen LogP contribution in [0.5, 0.6) is 5.75 Å². The molecule has 8 nitrogen and oxygen atoms in total. The molecule has 0 spiro atoms. The van der Waals surface area contributed by atoms with E-state index in [1.165, 1.54) is 6.33 Å². The number of rotatable bonds is 7. The molecule has 0 aliphatic carbocycles. The van der Waals surface area contributed by atoms with E-state index < -0.39 is 5.82 Å². The zero-order valence-electron chi connectivity index (χ0n) is 20.0. The lowest BCUT2D eigenvalue weighted by atomic mass is 10.1. The summed E-state index contributed by atoms with van der Waals surface area (Å²) in [5.41, 5.74) is 3.39. The van der Waals surface area contributed by atoms with E-state index in [0.29, 0.717) is 39.1 Å². The third kappa shape index (κ3) is 4.63. The fraction of sp³-hybridized carbons (Fsp3) is 0.231. The van der Waals surface area contributed by atoms with Gasteiger partial charge in [-0.1, -0.05) is 0 Å². The summed E-state index contributed by atoms with van der Waals surface area (Å²) in [6, 6.07) is 10.7. The summed E-state index contributed by atoms with van der Waals surface area (Å²) in [6.07, 6.45) is 6.72. The van der Waals surface area contributed by atoms with Gasteiger partial charge in [-0.3, -0.25) is 4.98 Å². The zero-order chi connectivity index (χ0) is 24.5. The Morgan fingerprint density at radius 1 is 1.11 bits per heavy atom. The molecule has 9 heteroatoms. The second-order valence-electron chi connectivity index (χ2n) is 8.84. The van der Waals surface area contributed by atoms with Crippen LogP contribution in [0, 0.1) is 12.7 Å². The Kier molecular flexibility index (Phi) is 6.00. The molecule has 0 aliphatic heterocycles. The van der Waals surface area contributed by atoms with Gasteiger partial charge >= 0.3 is 0 Å². The SMILES string of the molecule is Cc1cnn(-c2cc(O[C@H](C)CN(C)C)c3c(Nc4ccc5ncccc5c4F)ncnc3c2)c1. The molecule has 3 aromatic heterocycles. The van der Waals surface area contributed by atoms with E-state index in [1.807, 2.05) is 46.3 Å². The van der Waals surface area contributed by atoms with Crippen molar-refractivity contribution >= 4 is 33.3 Å². The number of ether oxygens (including phenoxy) is 1. The van der Waals surface area contributed by atoms with E-state index >= 15 is 4.39 Å². The van der Waals surface area contributed by atoms with E-state index in [1.54, 1.807) is 41.3 Å². The molecule has 0 aliphatic rings. The molecular weight excluding hydrogens is 445 g/mol. The van der Waals surface area contributed by atoms with Crippen molar-refractivity contribution in [1.82, 2.24) is 29.6 Å². The van der Waals surface area contributed by atoms with Gasteiger partial charge < -0.3 is 15.0 Å². The third-order valence-electron chi connectivity index (χ3n) is 5.59. The van der Waals surface area contributed by atoms with Crippen LogP contribution in [0.4, 0.5) is 15.9 Å². The molecule has 0 saturated heterocycles. The van der Waals surface area contributed by atoms with Crippen LogP contribution < -0.4 is 10.1 Å². The van der Waals surface area contributed by atoms with E-state index in [9.17, 15) is 0 Å². The first-order valence-electron chi connectivity index (χ1n) is 11.3. The second kappa shape index (κ2) is 9.27. The number of benzene rings is 2. The van der Waals surface area contributed by atoms with Crippen molar-refractivity contribution in [2.24, 2.45) is 0 Å². The number of aromatic nitrogens is 5. The number of halogens is 1. The van der Waals surface area contributed by atoms with Crippen molar-refractivity contribution < 1.29 is 9.13 Å². The Labute approximate surface area is 202 Å². The van der Waals surface area contributed by atoms with Gasteiger partial charge in [0.2, 0.25) is 0 Å². The number of nitrogens with zero attached hydrogens (tertiary/aromatic N) is 6. The first-order valence-corrected chi connectivity index (χ1v) is 11.3. The second-order valence-corrected chi connectivity index (χ2v) is 8.84. The molecule has 0 bridgehead atoms. The number of hydrogen-bond donors (Lipinski definition) is 1. The lowest BCUT2D eigenvalue weighted by Crippen LogP contribution is -2.28. The smallest absolute Gasteiger partial charge is 0.156 e. The Morgan fingerprint density at radius 3 is 2.74 bits per heavy atom. The molecule has 5 aromatic rings. The molecule has 0 radical (unpaired) electrons. The molecule has 35 heavy (non-hydrogen) atoms. The van der Waals surface area contributed by atoms with Gasteiger partial charge in [-0.25, -0.2) is 19.0 Å². The van der Waals surface area contributed by atoms with Crippen molar-refractivity contribution in [3.05, 3.63) is 72.7 Å². The number of fused-ring (bicyclic) bond motifs is 2. The van der Waals surface area contributed by atoms with Gasteiger partial charge in [0.05, 0.1) is 34.0 Å². The van der Waals surface area contributed by atoms with E-state index in [0.717, 1.165) is 17.8 Å². The number of hydrogen-bond acceptors (Lipinski definition) is 7. The highest BCUT2D eigenvalue weighted by Gasteiger charge is 2.18. The fourth-order valence-electron chi connectivity index (χ4n) is 4.12. The molecule has 0 amide bonds. The fourth-order valence-corrected chi connectivity index (χ4v) is 4.12. The van der Waals surface area contributed by atoms with Gasteiger partial charge in [-0.2, -0.15) is 5.10 Å². The first-order chi connectivity index (χ1) is 16.9. The van der Waals surface area contributed by atoms with Crippen molar-refractivity contribution in [3.8, 4) is 11.4 Å². The summed E-state index contributed by atoms with van der Waals surface area (Å²) >= 11 is 0. The zero-order valence-corrected chi connectivity index (χ0v) is 20.0.